The minimum absolute atomic E-state index is 0.279. The third kappa shape index (κ3) is 3.29. The zero-order chi connectivity index (χ0) is 16.9. The van der Waals surface area contributed by atoms with Crippen LogP contribution in [0.25, 0.3) is 10.9 Å². The van der Waals surface area contributed by atoms with E-state index in [9.17, 15) is 0 Å². The van der Waals surface area contributed by atoms with Crippen molar-refractivity contribution in [3.63, 3.8) is 0 Å². The molecule has 0 aliphatic carbocycles. The minimum atomic E-state index is 0.279. The Morgan fingerprint density at radius 1 is 1.08 bits per heavy atom. The second-order valence-corrected chi connectivity index (χ2v) is 5.97. The Hall–Kier alpha value is -2.70. The van der Waals surface area contributed by atoms with Gasteiger partial charge in [0.05, 0.1) is 17.1 Å². The van der Waals surface area contributed by atoms with Crippen molar-refractivity contribution in [3.8, 4) is 6.07 Å². The van der Waals surface area contributed by atoms with Crippen molar-refractivity contribution in [1.82, 2.24) is 9.88 Å². The number of hydrogen-bond acceptors (Lipinski definition) is 3. The Labute approximate surface area is 143 Å². The maximum absolute atomic E-state index is 8.95. The molecule has 1 atom stereocenters. The van der Waals surface area contributed by atoms with Crippen molar-refractivity contribution in [2.24, 2.45) is 0 Å². The fraction of sp³-hybridized carbons (Fsp3) is 0.238. The lowest BCUT2D eigenvalue weighted by molar-refractivity contribution is 0.213. The van der Waals surface area contributed by atoms with Crippen molar-refractivity contribution in [3.05, 3.63) is 77.5 Å². The lowest BCUT2D eigenvalue weighted by atomic mass is 10.0. The zero-order valence-electron chi connectivity index (χ0n) is 14.1. The molecule has 3 aromatic rings. The number of nitrogens with zero attached hydrogens (tertiary/aromatic N) is 3. The van der Waals surface area contributed by atoms with Gasteiger partial charge >= 0.3 is 0 Å². The molecule has 0 saturated carbocycles. The second-order valence-electron chi connectivity index (χ2n) is 5.97. The predicted molar refractivity (Wildman–Crippen MR) is 97.4 cm³/mol. The maximum atomic E-state index is 8.95. The number of hydrogen-bond donors (Lipinski definition) is 0. The normalized spacial score (nSPS) is 12.2. The van der Waals surface area contributed by atoms with Crippen LogP contribution in [0.3, 0.4) is 0 Å². The van der Waals surface area contributed by atoms with E-state index in [1.54, 1.807) is 0 Å². The summed E-state index contributed by atoms with van der Waals surface area (Å²) in [6.07, 6.45) is 1.85. The average molecular weight is 315 g/mol. The fourth-order valence-corrected chi connectivity index (χ4v) is 3.08. The largest absolute Gasteiger partial charge is 0.293 e. The Morgan fingerprint density at radius 3 is 2.54 bits per heavy atom. The Kier molecular flexibility index (Phi) is 4.88. The van der Waals surface area contributed by atoms with E-state index in [4.69, 9.17) is 5.26 Å². The molecule has 0 N–H and O–H groups in total. The number of para-hydroxylation sites is 1. The van der Waals surface area contributed by atoms with E-state index in [1.807, 2.05) is 36.5 Å². The van der Waals surface area contributed by atoms with Crippen LogP contribution in [-0.4, -0.2) is 16.4 Å². The van der Waals surface area contributed by atoms with E-state index in [0.717, 1.165) is 18.6 Å². The van der Waals surface area contributed by atoms with Crippen LogP contribution in [0, 0.1) is 11.3 Å². The molecule has 2 aromatic carbocycles. The molecule has 0 saturated heterocycles. The van der Waals surface area contributed by atoms with Crippen LogP contribution in [0.4, 0.5) is 0 Å². The van der Waals surface area contributed by atoms with Crippen LogP contribution < -0.4 is 0 Å². The Balaban J connectivity index is 1.86. The topological polar surface area (TPSA) is 39.9 Å². The third-order valence-electron chi connectivity index (χ3n) is 4.57. The second kappa shape index (κ2) is 7.25. The summed E-state index contributed by atoms with van der Waals surface area (Å²) in [6, 6.07) is 20.8. The standard InChI is InChI=1S/C21H21N3/c1-3-24(16(2)18-11-9-17(14-22)10-12-18)15-20-7-4-6-19-8-5-13-23-21(19)20/h4-13,16H,3,15H2,1-2H3. The molecule has 3 heteroatoms. The van der Waals surface area contributed by atoms with Gasteiger partial charge in [0.25, 0.3) is 0 Å². The van der Waals surface area contributed by atoms with Gasteiger partial charge in [0.15, 0.2) is 0 Å². The van der Waals surface area contributed by atoms with Gasteiger partial charge in [-0.2, -0.15) is 5.26 Å². The number of fused-ring (bicyclic) bond motifs is 1. The molecule has 0 fully saturated rings. The number of rotatable bonds is 5. The summed E-state index contributed by atoms with van der Waals surface area (Å²) < 4.78 is 0. The van der Waals surface area contributed by atoms with Gasteiger partial charge in [-0.15, -0.1) is 0 Å². The lowest BCUT2D eigenvalue weighted by Crippen LogP contribution is -2.26. The van der Waals surface area contributed by atoms with Gasteiger partial charge in [-0.05, 0) is 42.8 Å². The summed E-state index contributed by atoms with van der Waals surface area (Å²) in [6.45, 7) is 6.19. The number of nitriles is 1. The van der Waals surface area contributed by atoms with Gasteiger partial charge in [-0.3, -0.25) is 9.88 Å². The molecule has 0 aliphatic heterocycles. The average Bonchev–Trinajstić information content (AvgIpc) is 2.65. The highest BCUT2D eigenvalue weighted by Crippen LogP contribution is 2.25. The van der Waals surface area contributed by atoms with Gasteiger partial charge in [-0.25, -0.2) is 0 Å². The lowest BCUT2D eigenvalue weighted by Gasteiger charge is -2.28. The van der Waals surface area contributed by atoms with Crippen LogP contribution in [-0.2, 0) is 6.54 Å². The van der Waals surface area contributed by atoms with Gasteiger partial charge in [0.1, 0.15) is 0 Å². The summed E-state index contributed by atoms with van der Waals surface area (Å²) in [4.78, 5) is 6.98. The molecule has 0 bridgehead atoms. The first-order valence-electron chi connectivity index (χ1n) is 8.29. The molecule has 1 aromatic heterocycles. The van der Waals surface area contributed by atoms with Crippen molar-refractivity contribution in [2.45, 2.75) is 26.4 Å². The summed E-state index contributed by atoms with van der Waals surface area (Å²) in [5.41, 5.74) is 4.25. The quantitative estimate of drug-likeness (QED) is 0.686. The molecule has 0 radical (unpaired) electrons. The molecule has 0 aliphatic rings. The van der Waals surface area contributed by atoms with Crippen LogP contribution >= 0.6 is 0 Å². The maximum Gasteiger partial charge on any atom is 0.0991 e. The number of aromatic nitrogens is 1. The molecular weight excluding hydrogens is 294 g/mol. The first-order valence-corrected chi connectivity index (χ1v) is 8.29. The van der Waals surface area contributed by atoms with Gasteiger partial charge in [0.2, 0.25) is 0 Å². The minimum Gasteiger partial charge on any atom is -0.293 e. The first kappa shape index (κ1) is 16.2. The highest BCUT2D eigenvalue weighted by atomic mass is 15.1. The van der Waals surface area contributed by atoms with E-state index < -0.39 is 0 Å². The van der Waals surface area contributed by atoms with Crippen molar-refractivity contribution in [2.75, 3.05) is 6.54 Å². The Bertz CT molecular complexity index is 857. The molecule has 3 rings (SSSR count). The molecule has 3 nitrogen and oxygen atoms in total. The summed E-state index contributed by atoms with van der Waals surface area (Å²) >= 11 is 0. The molecule has 0 amide bonds. The third-order valence-corrected chi connectivity index (χ3v) is 4.57. The zero-order valence-corrected chi connectivity index (χ0v) is 14.1. The van der Waals surface area contributed by atoms with Crippen molar-refractivity contribution < 1.29 is 0 Å². The summed E-state index contributed by atoms with van der Waals surface area (Å²) in [5.74, 6) is 0. The van der Waals surface area contributed by atoms with Crippen LogP contribution in [0.15, 0.2) is 60.8 Å². The molecule has 0 spiro atoms. The highest BCUT2D eigenvalue weighted by Gasteiger charge is 2.16. The number of pyridine rings is 1. The van der Waals surface area contributed by atoms with E-state index in [1.165, 1.54) is 16.5 Å². The molecule has 24 heavy (non-hydrogen) atoms. The van der Waals surface area contributed by atoms with Crippen molar-refractivity contribution >= 4 is 10.9 Å². The van der Waals surface area contributed by atoms with E-state index in [0.29, 0.717) is 5.56 Å². The summed E-state index contributed by atoms with van der Waals surface area (Å²) in [7, 11) is 0. The van der Waals surface area contributed by atoms with Crippen LogP contribution in [0.2, 0.25) is 0 Å². The summed E-state index contributed by atoms with van der Waals surface area (Å²) in [5, 5.41) is 10.1. The highest BCUT2D eigenvalue weighted by molar-refractivity contribution is 5.81. The fourth-order valence-electron chi connectivity index (χ4n) is 3.08. The molecule has 1 heterocycles. The van der Waals surface area contributed by atoms with Crippen LogP contribution in [0.1, 0.15) is 36.6 Å². The van der Waals surface area contributed by atoms with Crippen LogP contribution in [0.5, 0.6) is 0 Å². The molecule has 1 unspecified atom stereocenters. The van der Waals surface area contributed by atoms with Gasteiger partial charge in [-0.1, -0.05) is 43.3 Å². The predicted octanol–water partition coefficient (Wildman–Crippen LogP) is 4.69. The molecule has 120 valence electrons. The van der Waals surface area contributed by atoms with E-state index in [2.05, 4.69) is 54.1 Å². The SMILES string of the molecule is CCN(Cc1cccc2cccnc12)C(C)c1ccc(C#N)cc1. The smallest absolute Gasteiger partial charge is 0.0991 e. The van der Waals surface area contributed by atoms with Crippen molar-refractivity contribution in [1.29, 1.82) is 5.26 Å². The monoisotopic (exact) mass is 315 g/mol. The first-order chi connectivity index (χ1) is 11.7. The Morgan fingerprint density at radius 2 is 1.83 bits per heavy atom. The number of benzene rings is 2. The van der Waals surface area contributed by atoms with Gasteiger partial charge < -0.3 is 0 Å². The van der Waals surface area contributed by atoms with E-state index in [-0.39, 0.29) is 6.04 Å². The molecular formula is C21H21N3. The van der Waals surface area contributed by atoms with E-state index >= 15 is 0 Å². The van der Waals surface area contributed by atoms with Gasteiger partial charge in [0, 0.05) is 24.2 Å².